The van der Waals surface area contributed by atoms with E-state index in [-0.39, 0.29) is 5.82 Å². The third kappa shape index (κ3) is 2.76. The zero-order chi connectivity index (χ0) is 14.0. The second kappa shape index (κ2) is 5.40. The average Bonchev–Trinajstić information content (AvgIpc) is 2.75. The summed E-state index contributed by atoms with van der Waals surface area (Å²) < 4.78 is 18.5. The Morgan fingerprint density at radius 1 is 1.42 bits per heavy atom. The number of carbonyl (C=O) groups is 1. The van der Waals surface area contributed by atoms with Gasteiger partial charge in [0, 0.05) is 4.88 Å². The first-order valence-corrected chi connectivity index (χ1v) is 6.67. The van der Waals surface area contributed by atoms with Gasteiger partial charge in [0.15, 0.2) is 0 Å². The van der Waals surface area contributed by atoms with Crippen molar-refractivity contribution in [1.82, 2.24) is 0 Å². The predicted octanol–water partition coefficient (Wildman–Crippen LogP) is 3.62. The van der Waals surface area contributed by atoms with Crippen molar-refractivity contribution in [3.05, 3.63) is 40.5 Å². The first kappa shape index (κ1) is 13.5. The number of hydrogen-bond acceptors (Lipinski definition) is 4. The Balaban J connectivity index is 2.38. The van der Waals surface area contributed by atoms with E-state index in [1.807, 2.05) is 0 Å². The molecule has 0 unspecified atom stereocenters. The molecule has 0 aliphatic heterocycles. The topological polar surface area (TPSA) is 52.3 Å². The molecule has 100 valence electrons. The summed E-state index contributed by atoms with van der Waals surface area (Å²) in [5.41, 5.74) is 7.44. The molecule has 1 aromatic carbocycles. The van der Waals surface area contributed by atoms with Crippen molar-refractivity contribution in [3.8, 4) is 10.4 Å². The highest BCUT2D eigenvalue weighted by molar-refractivity contribution is 7.18. The number of aryl methyl sites for hydroxylation is 1. The van der Waals surface area contributed by atoms with Gasteiger partial charge in [0.25, 0.3) is 0 Å². The van der Waals surface area contributed by atoms with Gasteiger partial charge in [-0.25, -0.2) is 9.18 Å². The molecule has 0 fully saturated rings. The summed E-state index contributed by atoms with van der Waals surface area (Å²) in [6, 6.07) is 6.61. The second-order valence-corrected chi connectivity index (χ2v) is 5.13. The molecule has 1 aromatic heterocycles. The molecule has 19 heavy (non-hydrogen) atoms. The monoisotopic (exact) mass is 279 g/mol. The van der Waals surface area contributed by atoms with Gasteiger partial charge in [0.1, 0.15) is 10.7 Å². The van der Waals surface area contributed by atoms with Crippen molar-refractivity contribution >= 4 is 23.0 Å². The zero-order valence-electron chi connectivity index (χ0n) is 10.7. The minimum Gasteiger partial charge on any atom is -0.462 e. The fraction of sp³-hybridized carbons (Fsp3) is 0.214. The van der Waals surface area contributed by atoms with Gasteiger partial charge in [-0.3, -0.25) is 0 Å². The number of hydrogen-bond donors (Lipinski definition) is 1. The van der Waals surface area contributed by atoms with Crippen LogP contribution >= 0.6 is 11.3 Å². The Kier molecular flexibility index (Phi) is 3.85. The summed E-state index contributed by atoms with van der Waals surface area (Å²) in [5.74, 6) is -0.717. The van der Waals surface area contributed by atoms with E-state index in [2.05, 4.69) is 0 Å². The van der Waals surface area contributed by atoms with Crippen LogP contribution in [0.5, 0.6) is 0 Å². The van der Waals surface area contributed by atoms with Crippen molar-refractivity contribution < 1.29 is 13.9 Å². The molecule has 2 rings (SSSR count). The highest BCUT2D eigenvalue weighted by atomic mass is 32.1. The molecule has 0 bridgehead atoms. The fourth-order valence-corrected chi connectivity index (χ4v) is 2.62. The SMILES string of the molecule is CCOC(=O)c1sc(-c2ccc(C)c(F)c2)cc1N. The lowest BCUT2D eigenvalue weighted by Gasteiger charge is -2.00. The number of anilines is 1. The van der Waals surface area contributed by atoms with E-state index in [4.69, 9.17) is 10.5 Å². The number of thiophene rings is 1. The Morgan fingerprint density at radius 3 is 2.79 bits per heavy atom. The molecule has 5 heteroatoms. The van der Waals surface area contributed by atoms with Gasteiger partial charge >= 0.3 is 5.97 Å². The Labute approximate surface area is 114 Å². The van der Waals surface area contributed by atoms with Crippen LogP contribution in [0.3, 0.4) is 0 Å². The molecule has 1 heterocycles. The number of esters is 1. The van der Waals surface area contributed by atoms with Crippen LogP contribution in [0.25, 0.3) is 10.4 Å². The van der Waals surface area contributed by atoms with Crippen LogP contribution in [0.1, 0.15) is 22.2 Å². The van der Waals surface area contributed by atoms with Crippen LogP contribution in [0.4, 0.5) is 10.1 Å². The number of nitrogen functional groups attached to an aromatic ring is 1. The minimum absolute atomic E-state index is 0.276. The Bertz CT molecular complexity index is 622. The summed E-state index contributed by atoms with van der Waals surface area (Å²) in [7, 11) is 0. The van der Waals surface area contributed by atoms with Crippen molar-refractivity contribution in [2.75, 3.05) is 12.3 Å². The quantitative estimate of drug-likeness (QED) is 0.873. The largest absolute Gasteiger partial charge is 0.462 e. The first-order valence-electron chi connectivity index (χ1n) is 5.86. The van der Waals surface area contributed by atoms with E-state index in [1.165, 1.54) is 17.4 Å². The molecule has 3 nitrogen and oxygen atoms in total. The lowest BCUT2D eigenvalue weighted by atomic mass is 10.1. The molecule has 0 aliphatic carbocycles. The van der Waals surface area contributed by atoms with Crippen LogP contribution in [0.15, 0.2) is 24.3 Å². The van der Waals surface area contributed by atoms with Gasteiger partial charge in [-0.15, -0.1) is 11.3 Å². The number of rotatable bonds is 3. The molecule has 0 saturated heterocycles. The van der Waals surface area contributed by atoms with Crippen LogP contribution in [0.2, 0.25) is 0 Å². The maximum absolute atomic E-state index is 13.5. The first-order chi connectivity index (χ1) is 9.02. The molecule has 2 N–H and O–H groups in total. The van der Waals surface area contributed by atoms with Crippen molar-refractivity contribution in [2.24, 2.45) is 0 Å². The van der Waals surface area contributed by atoms with Gasteiger partial charge in [-0.05, 0) is 37.1 Å². The maximum Gasteiger partial charge on any atom is 0.350 e. The van der Waals surface area contributed by atoms with Crippen LogP contribution in [-0.4, -0.2) is 12.6 Å². The number of ether oxygens (including phenoxy) is 1. The minimum atomic E-state index is -0.441. The molecular weight excluding hydrogens is 265 g/mol. The smallest absolute Gasteiger partial charge is 0.350 e. The predicted molar refractivity (Wildman–Crippen MR) is 74.8 cm³/mol. The highest BCUT2D eigenvalue weighted by Crippen LogP contribution is 2.34. The highest BCUT2D eigenvalue weighted by Gasteiger charge is 2.16. The molecule has 0 saturated carbocycles. The summed E-state index contributed by atoms with van der Waals surface area (Å²) in [4.78, 5) is 12.8. The van der Waals surface area contributed by atoms with Crippen molar-refractivity contribution in [2.45, 2.75) is 13.8 Å². The van der Waals surface area contributed by atoms with Crippen molar-refractivity contribution in [3.63, 3.8) is 0 Å². The van der Waals surface area contributed by atoms with E-state index < -0.39 is 5.97 Å². The lowest BCUT2D eigenvalue weighted by molar-refractivity contribution is 0.0533. The normalized spacial score (nSPS) is 10.5. The average molecular weight is 279 g/mol. The summed E-state index contributed by atoms with van der Waals surface area (Å²) >= 11 is 1.21. The molecule has 0 atom stereocenters. The molecule has 0 amide bonds. The third-order valence-electron chi connectivity index (χ3n) is 2.68. The van der Waals surface area contributed by atoms with Gasteiger partial charge in [0.05, 0.1) is 12.3 Å². The molecule has 0 aliphatic rings. The molecule has 0 spiro atoms. The summed E-state index contributed by atoms with van der Waals surface area (Å²) in [6.07, 6.45) is 0. The Hall–Kier alpha value is -1.88. The van der Waals surface area contributed by atoms with Crippen LogP contribution < -0.4 is 5.73 Å². The van der Waals surface area contributed by atoms with Crippen LogP contribution in [-0.2, 0) is 4.74 Å². The number of halogens is 1. The van der Waals surface area contributed by atoms with E-state index in [9.17, 15) is 9.18 Å². The van der Waals surface area contributed by atoms with Gasteiger partial charge in [0.2, 0.25) is 0 Å². The van der Waals surface area contributed by atoms with E-state index in [1.54, 1.807) is 32.0 Å². The summed E-state index contributed by atoms with van der Waals surface area (Å²) in [5, 5.41) is 0. The third-order valence-corrected chi connectivity index (χ3v) is 3.86. The van der Waals surface area contributed by atoms with E-state index in [0.29, 0.717) is 28.3 Å². The number of benzene rings is 1. The van der Waals surface area contributed by atoms with Crippen molar-refractivity contribution in [1.29, 1.82) is 0 Å². The van der Waals surface area contributed by atoms with E-state index in [0.717, 1.165) is 4.88 Å². The standard InChI is InChI=1S/C14H14FNO2S/c1-3-18-14(17)13-11(16)7-12(19-13)9-5-4-8(2)10(15)6-9/h4-7H,3,16H2,1-2H3. The maximum atomic E-state index is 13.5. The molecular formula is C14H14FNO2S. The van der Waals surface area contributed by atoms with E-state index >= 15 is 0 Å². The number of carbonyl (C=O) groups excluding carboxylic acids is 1. The second-order valence-electron chi connectivity index (χ2n) is 4.08. The van der Waals surface area contributed by atoms with Gasteiger partial charge in [-0.1, -0.05) is 12.1 Å². The number of nitrogens with two attached hydrogens (primary N) is 1. The molecule has 0 radical (unpaired) electrons. The van der Waals surface area contributed by atoms with Crippen LogP contribution in [0, 0.1) is 12.7 Å². The molecule has 2 aromatic rings. The zero-order valence-corrected chi connectivity index (χ0v) is 11.5. The van der Waals surface area contributed by atoms with Gasteiger partial charge in [-0.2, -0.15) is 0 Å². The summed E-state index contributed by atoms with van der Waals surface area (Å²) in [6.45, 7) is 3.73. The lowest BCUT2D eigenvalue weighted by Crippen LogP contribution is -2.04. The Morgan fingerprint density at radius 2 is 2.16 bits per heavy atom. The fourth-order valence-electron chi connectivity index (χ4n) is 1.65. The van der Waals surface area contributed by atoms with Gasteiger partial charge < -0.3 is 10.5 Å².